The predicted octanol–water partition coefficient (Wildman–Crippen LogP) is 2.31. The first-order chi connectivity index (χ1) is 11.1. The van der Waals surface area contributed by atoms with Crippen LogP contribution in [0.2, 0.25) is 0 Å². The second-order valence-electron chi connectivity index (χ2n) is 5.66. The first-order valence-electron chi connectivity index (χ1n) is 7.66. The van der Waals surface area contributed by atoms with Crippen LogP contribution >= 0.6 is 0 Å². The topological polar surface area (TPSA) is 65.7 Å². The summed E-state index contributed by atoms with van der Waals surface area (Å²) < 4.78 is 19.3. The number of hydrogen-bond acceptors (Lipinski definition) is 4. The van der Waals surface area contributed by atoms with Gasteiger partial charge >= 0.3 is 0 Å². The van der Waals surface area contributed by atoms with E-state index in [2.05, 4.69) is 5.32 Å². The SMILES string of the molecule is O=C(NCc1ccc(N2CCC(O)CC2)c(F)c1)c1ccco1. The van der Waals surface area contributed by atoms with Gasteiger partial charge in [-0.15, -0.1) is 0 Å². The number of benzene rings is 1. The molecule has 1 aliphatic heterocycles. The monoisotopic (exact) mass is 318 g/mol. The summed E-state index contributed by atoms with van der Waals surface area (Å²) in [5.74, 6) is -0.412. The third-order valence-corrected chi connectivity index (χ3v) is 4.02. The number of hydrogen-bond donors (Lipinski definition) is 2. The van der Waals surface area contributed by atoms with Crippen LogP contribution in [0.15, 0.2) is 41.0 Å². The van der Waals surface area contributed by atoms with E-state index < -0.39 is 0 Å². The third kappa shape index (κ3) is 3.71. The molecule has 5 nitrogen and oxygen atoms in total. The lowest BCUT2D eigenvalue weighted by atomic mass is 10.1. The van der Waals surface area contributed by atoms with Crippen molar-refractivity contribution in [1.29, 1.82) is 0 Å². The van der Waals surface area contributed by atoms with Crippen LogP contribution in [-0.4, -0.2) is 30.2 Å². The van der Waals surface area contributed by atoms with Gasteiger partial charge in [0.15, 0.2) is 5.76 Å². The minimum absolute atomic E-state index is 0.231. The van der Waals surface area contributed by atoms with Crippen LogP contribution in [0, 0.1) is 5.82 Å². The molecular weight excluding hydrogens is 299 g/mol. The van der Waals surface area contributed by atoms with Gasteiger partial charge in [0.05, 0.1) is 18.1 Å². The molecule has 1 aromatic heterocycles. The number of carbonyl (C=O) groups is 1. The van der Waals surface area contributed by atoms with Crippen molar-refractivity contribution in [2.24, 2.45) is 0 Å². The van der Waals surface area contributed by atoms with Gasteiger partial charge in [-0.25, -0.2) is 4.39 Å². The molecule has 2 heterocycles. The van der Waals surface area contributed by atoms with Crippen molar-refractivity contribution in [2.75, 3.05) is 18.0 Å². The first kappa shape index (κ1) is 15.6. The molecule has 23 heavy (non-hydrogen) atoms. The maximum atomic E-state index is 14.3. The normalized spacial score (nSPS) is 15.7. The van der Waals surface area contributed by atoms with E-state index in [0.717, 1.165) is 0 Å². The van der Waals surface area contributed by atoms with E-state index in [0.29, 0.717) is 37.2 Å². The van der Waals surface area contributed by atoms with E-state index in [-0.39, 0.29) is 30.1 Å². The van der Waals surface area contributed by atoms with Crippen molar-refractivity contribution in [3.8, 4) is 0 Å². The molecule has 1 aromatic carbocycles. The number of aliphatic hydroxyl groups excluding tert-OH is 1. The molecule has 0 bridgehead atoms. The summed E-state index contributed by atoms with van der Waals surface area (Å²) in [6.45, 7) is 1.52. The molecule has 122 valence electrons. The average molecular weight is 318 g/mol. The van der Waals surface area contributed by atoms with Gasteiger partial charge < -0.3 is 19.7 Å². The summed E-state index contributed by atoms with van der Waals surface area (Å²) >= 11 is 0. The Morgan fingerprint density at radius 3 is 2.78 bits per heavy atom. The molecule has 0 aliphatic carbocycles. The van der Waals surface area contributed by atoms with E-state index in [1.807, 2.05) is 4.90 Å². The van der Waals surface area contributed by atoms with E-state index in [1.54, 1.807) is 24.3 Å². The predicted molar refractivity (Wildman–Crippen MR) is 83.7 cm³/mol. The maximum Gasteiger partial charge on any atom is 0.287 e. The highest BCUT2D eigenvalue weighted by Gasteiger charge is 2.19. The molecule has 0 spiro atoms. The van der Waals surface area contributed by atoms with Crippen molar-refractivity contribution in [3.05, 3.63) is 53.7 Å². The van der Waals surface area contributed by atoms with Crippen molar-refractivity contribution >= 4 is 11.6 Å². The summed E-state index contributed by atoms with van der Waals surface area (Å²) in [6.07, 6.45) is 2.45. The molecule has 2 N–H and O–H groups in total. The van der Waals surface area contributed by atoms with E-state index in [9.17, 15) is 14.3 Å². The number of aliphatic hydroxyl groups is 1. The fourth-order valence-electron chi connectivity index (χ4n) is 2.70. The van der Waals surface area contributed by atoms with Crippen LogP contribution in [0.4, 0.5) is 10.1 Å². The Labute approximate surface area is 133 Å². The van der Waals surface area contributed by atoms with E-state index in [1.165, 1.54) is 12.3 Å². The minimum atomic E-state index is -0.329. The molecule has 2 aromatic rings. The van der Waals surface area contributed by atoms with Crippen LogP contribution in [-0.2, 0) is 6.54 Å². The van der Waals surface area contributed by atoms with Gasteiger partial charge in [-0.1, -0.05) is 6.07 Å². The number of rotatable bonds is 4. The molecule has 1 amide bonds. The summed E-state index contributed by atoms with van der Waals surface area (Å²) in [5, 5.41) is 12.2. The largest absolute Gasteiger partial charge is 0.459 e. The van der Waals surface area contributed by atoms with Gasteiger partial charge in [0.25, 0.3) is 5.91 Å². The molecule has 1 fully saturated rings. The van der Waals surface area contributed by atoms with Gasteiger partial charge in [-0.3, -0.25) is 4.79 Å². The number of furan rings is 1. The zero-order chi connectivity index (χ0) is 16.2. The summed E-state index contributed by atoms with van der Waals surface area (Å²) in [5.41, 5.74) is 1.22. The van der Waals surface area contributed by atoms with E-state index in [4.69, 9.17) is 4.42 Å². The number of nitrogens with zero attached hydrogens (tertiary/aromatic N) is 1. The number of amides is 1. The van der Waals surface area contributed by atoms with Gasteiger partial charge in [0.1, 0.15) is 5.82 Å². The van der Waals surface area contributed by atoms with E-state index >= 15 is 0 Å². The van der Waals surface area contributed by atoms with Crippen LogP contribution in [0.5, 0.6) is 0 Å². The van der Waals surface area contributed by atoms with Gasteiger partial charge in [-0.2, -0.15) is 0 Å². The fraction of sp³-hybridized carbons (Fsp3) is 0.353. The molecule has 0 radical (unpaired) electrons. The van der Waals surface area contributed by atoms with Crippen LogP contribution in [0.3, 0.4) is 0 Å². The van der Waals surface area contributed by atoms with Crippen LogP contribution in [0.1, 0.15) is 29.0 Å². The summed E-state index contributed by atoms with van der Waals surface area (Å²) in [7, 11) is 0. The molecule has 0 atom stereocenters. The van der Waals surface area contributed by atoms with Crippen molar-refractivity contribution in [3.63, 3.8) is 0 Å². The molecule has 6 heteroatoms. The Morgan fingerprint density at radius 2 is 2.13 bits per heavy atom. The molecule has 0 unspecified atom stereocenters. The first-order valence-corrected chi connectivity index (χ1v) is 7.66. The third-order valence-electron chi connectivity index (χ3n) is 4.02. The molecule has 3 rings (SSSR count). The fourth-order valence-corrected chi connectivity index (χ4v) is 2.70. The molecule has 1 aliphatic rings. The van der Waals surface area contributed by atoms with Gasteiger partial charge in [0, 0.05) is 19.6 Å². The number of carbonyl (C=O) groups excluding carboxylic acids is 1. The Bertz CT molecular complexity index is 664. The Kier molecular flexibility index (Phi) is 4.62. The zero-order valence-corrected chi connectivity index (χ0v) is 12.7. The lowest BCUT2D eigenvalue weighted by Gasteiger charge is -2.31. The second kappa shape index (κ2) is 6.83. The lowest BCUT2D eigenvalue weighted by Crippen LogP contribution is -2.36. The number of anilines is 1. The highest BCUT2D eigenvalue weighted by molar-refractivity contribution is 5.91. The summed E-state index contributed by atoms with van der Waals surface area (Å²) in [4.78, 5) is 13.7. The van der Waals surface area contributed by atoms with Crippen molar-refractivity contribution in [2.45, 2.75) is 25.5 Å². The van der Waals surface area contributed by atoms with Crippen LogP contribution < -0.4 is 10.2 Å². The molecule has 1 saturated heterocycles. The smallest absolute Gasteiger partial charge is 0.287 e. The van der Waals surface area contributed by atoms with Gasteiger partial charge in [0.2, 0.25) is 0 Å². The quantitative estimate of drug-likeness (QED) is 0.908. The van der Waals surface area contributed by atoms with Crippen molar-refractivity contribution in [1.82, 2.24) is 5.32 Å². The maximum absolute atomic E-state index is 14.3. The second-order valence-corrected chi connectivity index (χ2v) is 5.66. The van der Waals surface area contributed by atoms with Crippen molar-refractivity contribution < 1.29 is 18.7 Å². The highest BCUT2D eigenvalue weighted by Crippen LogP contribution is 2.24. The molecule has 0 saturated carbocycles. The number of piperidine rings is 1. The standard InChI is InChI=1S/C17H19FN2O3/c18-14-10-12(11-19-17(22)16-2-1-9-23-16)3-4-15(14)20-7-5-13(21)6-8-20/h1-4,9-10,13,21H,5-8,11H2,(H,19,22). The van der Waals surface area contributed by atoms with Gasteiger partial charge in [-0.05, 0) is 42.7 Å². The summed E-state index contributed by atoms with van der Waals surface area (Å²) in [6, 6.07) is 8.17. The minimum Gasteiger partial charge on any atom is -0.459 e. The Morgan fingerprint density at radius 1 is 1.35 bits per heavy atom. The molecular formula is C17H19FN2O3. The highest BCUT2D eigenvalue weighted by atomic mass is 19.1. The Hall–Kier alpha value is -2.34. The lowest BCUT2D eigenvalue weighted by molar-refractivity contribution is 0.0923. The number of nitrogens with one attached hydrogen (secondary N) is 1. The zero-order valence-electron chi connectivity index (χ0n) is 12.7. The average Bonchev–Trinajstić information content (AvgIpc) is 3.08. The van der Waals surface area contributed by atoms with Crippen LogP contribution in [0.25, 0.3) is 0 Å². The Balaban J connectivity index is 1.61. The number of halogens is 1.